The van der Waals surface area contributed by atoms with Crippen molar-refractivity contribution in [2.75, 3.05) is 5.75 Å². The molecule has 1 aliphatic rings. The van der Waals surface area contributed by atoms with E-state index in [9.17, 15) is 9.90 Å². The Kier molecular flexibility index (Phi) is 4.08. The van der Waals surface area contributed by atoms with Gasteiger partial charge in [0.1, 0.15) is 0 Å². The van der Waals surface area contributed by atoms with Gasteiger partial charge in [0.25, 0.3) is 0 Å². The van der Waals surface area contributed by atoms with Gasteiger partial charge in [-0.3, -0.25) is 0 Å². The molecule has 0 aliphatic carbocycles. The third-order valence-corrected chi connectivity index (χ3v) is 5.56. The molecule has 112 valence electrons. The predicted octanol–water partition coefficient (Wildman–Crippen LogP) is 4.09. The van der Waals surface area contributed by atoms with Crippen molar-refractivity contribution in [1.29, 1.82) is 0 Å². The van der Waals surface area contributed by atoms with Crippen LogP contribution >= 0.6 is 23.1 Å². The monoisotopic (exact) mass is 323 g/mol. The molecule has 0 amide bonds. The standard InChI is InChI=1S/C15H17NO3S2/c1-8(2)5-10-13(15(17)18)19-14(16-10)12-6-9-7-20-4-3-11(9)21-12/h6,8H,3-5,7H2,1-2H3,(H,17,18). The number of thiophene rings is 1. The normalized spacial score (nSPS) is 14.4. The molecule has 3 rings (SSSR count). The van der Waals surface area contributed by atoms with Gasteiger partial charge in [-0.25, -0.2) is 9.78 Å². The number of hydrogen-bond acceptors (Lipinski definition) is 5. The van der Waals surface area contributed by atoms with Crippen LogP contribution in [0.3, 0.4) is 0 Å². The number of nitrogens with zero attached hydrogens (tertiary/aromatic N) is 1. The summed E-state index contributed by atoms with van der Waals surface area (Å²) in [4.78, 5) is 18.1. The van der Waals surface area contributed by atoms with E-state index < -0.39 is 5.97 Å². The van der Waals surface area contributed by atoms with Crippen LogP contribution in [0, 0.1) is 5.92 Å². The van der Waals surface area contributed by atoms with Crippen molar-refractivity contribution in [3.63, 3.8) is 0 Å². The lowest BCUT2D eigenvalue weighted by atomic mass is 10.1. The molecule has 0 spiro atoms. The Morgan fingerprint density at radius 2 is 2.33 bits per heavy atom. The fraction of sp³-hybridized carbons (Fsp3) is 0.467. The Bertz CT molecular complexity index is 649. The molecule has 0 unspecified atom stereocenters. The van der Waals surface area contributed by atoms with Crippen molar-refractivity contribution in [2.24, 2.45) is 5.92 Å². The molecule has 0 saturated carbocycles. The SMILES string of the molecule is CC(C)Cc1nc(-c2cc3c(s2)CCSC3)oc1C(=O)O. The summed E-state index contributed by atoms with van der Waals surface area (Å²) in [5.41, 5.74) is 1.89. The summed E-state index contributed by atoms with van der Waals surface area (Å²) in [7, 11) is 0. The summed E-state index contributed by atoms with van der Waals surface area (Å²) in [6.07, 6.45) is 1.70. The first-order valence-corrected chi connectivity index (χ1v) is 8.94. The van der Waals surface area contributed by atoms with Gasteiger partial charge in [-0.05, 0) is 36.1 Å². The quantitative estimate of drug-likeness (QED) is 0.918. The van der Waals surface area contributed by atoms with Crippen LogP contribution in [0.5, 0.6) is 0 Å². The predicted molar refractivity (Wildman–Crippen MR) is 85.2 cm³/mol. The van der Waals surface area contributed by atoms with E-state index in [1.54, 1.807) is 11.3 Å². The van der Waals surface area contributed by atoms with Gasteiger partial charge in [0.15, 0.2) is 0 Å². The van der Waals surface area contributed by atoms with Gasteiger partial charge in [-0.15, -0.1) is 11.3 Å². The Morgan fingerprint density at radius 3 is 3.00 bits per heavy atom. The summed E-state index contributed by atoms with van der Waals surface area (Å²) in [5, 5.41) is 9.27. The minimum absolute atomic E-state index is 0.0144. The first-order chi connectivity index (χ1) is 10.0. The molecule has 4 nitrogen and oxygen atoms in total. The average molecular weight is 323 g/mol. The summed E-state index contributed by atoms with van der Waals surface area (Å²) >= 11 is 3.61. The maximum atomic E-state index is 11.3. The number of aromatic carboxylic acids is 1. The summed E-state index contributed by atoms with van der Waals surface area (Å²) in [6, 6.07) is 2.10. The molecule has 21 heavy (non-hydrogen) atoms. The number of rotatable bonds is 4. The van der Waals surface area contributed by atoms with Crippen LogP contribution in [-0.2, 0) is 18.6 Å². The van der Waals surface area contributed by atoms with E-state index in [1.807, 2.05) is 25.6 Å². The number of oxazole rings is 1. The van der Waals surface area contributed by atoms with Gasteiger partial charge in [0, 0.05) is 10.6 Å². The van der Waals surface area contributed by atoms with E-state index in [4.69, 9.17) is 4.42 Å². The maximum absolute atomic E-state index is 11.3. The Hall–Kier alpha value is -1.27. The van der Waals surface area contributed by atoms with Gasteiger partial charge in [-0.2, -0.15) is 11.8 Å². The third kappa shape index (κ3) is 3.01. The lowest BCUT2D eigenvalue weighted by molar-refractivity contribution is 0.0661. The van der Waals surface area contributed by atoms with E-state index in [0.717, 1.165) is 22.8 Å². The first-order valence-electron chi connectivity index (χ1n) is 6.97. The molecule has 6 heteroatoms. The number of carboxylic acids is 1. The van der Waals surface area contributed by atoms with Crippen LogP contribution in [-0.4, -0.2) is 21.8 Å². The molecule has 0 fully saturated rings. The molecule has 0 atom stereocenters. The maximum Gasteiger partial charge on any atom is 0.373 e. The highest BCUT2D eigenvalue weighted by Gasteiger charge is 2.23. The zero-order valence-corrected chi connectivity index (χ0v) is 13.6. The Balaban J connectivity index is 1.98. The highest BCUT2D eigenvalue weighted by Crippen LogP contribution is 2.37. The molecule has 0 aromatic carbocycles. The third-order valence-electron chi connectivity index (χ3n) is 3.33. The average Bonchev–Trinajstić information content (AvgIpc) is 3.00. The van der Waals surface area contributed by atoms with Gasteiger partial charge < -0.3 is 9.52 Å². The molecule has 2 aromatic heterocycles. The molecule has 3 heterocycles. The smallest absolute Gasteiger partial charge is 0.373 e. The van der Waals surface area contributed by atoms with E-state index in [2.05, 4.69) is 11.1 Å². The van der Waals surface area contributed by atoms with Crippen molar-refractivity contribution in [1.82, 2.24) is 4.98 Å². The number of carboxylic acid groups (broad SMARTS) is 1. The van der Waals surface area contributed by atoms with Crippen molar-refractivity contribution in [3.8, 4) is 10.8 Å². The molecule has 0 bridgehead atoms. The van der Waals surface area contributed by atoms with Gasteiger partial charge in [0.05, 0.1) is 10.6 Å². The van der Waals surface area contributed by atoms with E-state index in [1.165, 1.54) is 10.4 Å². The van der Waals surface area contributed by atoms with E-state index >= 15 is 0 Å². The number of hydrogen-bond donors (Lipinski definition) is 1. The van der Waals surface area contributed by atoms with Crippen LogP contribution < -0.4 is 0 Å². The second-order valence-electron chi connectivity index (χ2n) is 5.56. The molecule has 1 aliphatic heterocycles. The van der Waals surface area contributed by atoms with Crippen molar-refractivity contribution >= 4 is 29.1 Å². The van der Waals surface area contributed by atoms with E-state index in [0.29, 0.717) is 23.9 Å². The van der Waals surface area contributed by atoms with E-state index in [-0.39, 0.29) is 5.76 Å². The Labute approximate surface area is 131 Å². The van der Waals surface area contributed by atoms with Gasteiger partial charge >= 0.3 is 5.97 Å². The fourth-order valence-electron chi connectivity index (χ4n) is 2.40. The topological polar surface area (TPSA) is 63.3 Å². The molecule has 0 radical (unpaired) electrons. The molecule has 2 aromatic rings. The lowest BCUT2D eigenvalue weighted by Gasteiger charge is -2.08. The van der Waals surface area contributed by atoms with Crippen LogP contribution in [0.15, 0.2) is 10.5 Å². The fourth-order valence-corrected chi connectivity index (χ4v) is 4.70. The van der Waals surface area contributed by atoms with Crippen molar-refractivity contribution < 1.29 is 14.3 Å². The largest absolute Gasteiger partial charge is 0.475 e. The zero-order chi connectivity index (χ0) is 15.0. The lowest BCUT2D eigenvalue weighted by Crippen LogP contribution is -2.03. The number of carbonyl (C=O) groups is 1. The minimum Gasteiger partial charge on any atom is -0.475 e. The highest BCUT2D eigenvalue weighted by molar-refractivity contribution is 7.98. The van der Waals surface area contributed by atoms with Crippen LogP contribution in [0.25, 0.3) is 10.8 Å². The number of aromatic nitrogens is 1. The first kappa shape index (κ1) is 14.7. The van der Waals surface area contributed by atoms with Crippen molar-refractivity contribution in [2.45, 2.75) is 32.4 Å². The highest BCUT2D eigenvalue weighted by atomic mass is 32.2. The summed E-state index contributed by atoms with van der Waals surface area (Å²) in [6.45, 7) is 4.09. The molecular formula is C15H17NO3S2. The molecule has 0 saturated heterocycles. The number of aryl methyl sites for hydroxylation is 1. The van der Waals surface area contributed by atoms with Crippen LogP contribution in [0.2, 0.25) is 0 Å². The van der Waals surface area contributed by atoms with Gasteiger partial charge in [-0.1, -0.05) is 13.8 Å². The van der Waals surface area contributed by atoms with Crippen LogP contribution in [0.4, 0.5) is 0 Å². The molecule has 1 N–H and O–H groups in total. The minimum atomic E-state index is -1.04. The summed E-state index contributed by atoms with van der Waals surface area (Å²) < 4.78 is 5.53. The number of thioether (sulfide) groups is 1. The second-order valence-corrected chi connectivity index (χ2v) is 7.80. The second kappa shape index (κ2) is 5.85. The number of fused-ring (bicyclic) bond motifs is 1. The van der Waals surface area contributed by atoms with Crippen molar-refractivity contribution in [3.05, 3.63) is 28.0 Å². The van der Waals surface area contributed by atoms with Crippen LogP contribution in [0.1, 0.15) is 40.5 Å². The van der Waals surface area contributed by atoms with Gasteiger partial charge in [0.2, 0.25) is 11.7 Å². The zero-order valence-electron chi connectivity index (χ0n) is 12.0. The Morgan fingerprint density at radius 1 is 1.52 bits per heavy atom. The summed E-state index contributed by atoms with van der Waals surface area (Å²) in [5.74, 6) is 1.91. The molecular weight excluding hydrogens is 306 g/mol.